The second-order valence-corrected chi connectivity index (χ2v) is 5.85. The fraction of sp³-hybridized carbons (Fsp3) is 0.0556. The quantitative estimate of drug-likeness (QED) is 0.688. The lowest BCUT2D eigenvalue weighted by atomic mass is 10.2. The minimum absolute atomic E-state index is 0.00702. The fourth-order valence-corrected chi connectivity index (χ4v) is 2.41. The highest BCUT2D eigenvalue weighted by Crippen LogP contribution is 2.21. The van der Waals surface area contributed by atoms with E-state index < -0.39 is 5.82 Å². The van der Waals surface area contributed by atoms with Crippen molar-refractivity contribution >= 4 is 23.4 Å². The molecule has 0 saturated carbocycles. The normalized spacial score (nSPS) is 10.3. The van der Waals surface area contributed by atoms with E-state index in [0.717, 1.165) is 4.90 Å². The molecule has 0 aliphatic carbocycles. The number of hydrogen-bond donors (Lipinski definition) is 1. The lowest BCUT2D eigenvalue weighted by Crippen LogP contribution is -2.12. The van der Waals surface area contributed by atoms with Crippen LogP contribution in [0.15, 0.2) is 65.8 Å². The van der Waals surface area contributed by atoms with Gasteiger partial charge in [-0.2, -0.15) is 0 Å². The molecule has 0 unspecified atom stereocenters. The molecular weight excluding hydrogens is 341 g/mol. The van der Waals surface area contributed by atoms with Crippen molar-refractivity contribution in [1.29, 1.82) is 0 Å². The van der Waals surface area contributed by atoms with E-state index in [1.807, 2.05) is 18.4 Å². The van der Waals surface area contributed by atoms with Gasteiger partial charge in [-0.25, -0.2) is 14.4 Å². The average Bonchev–Trinajstić information content (AvgIpc) is 2.65. The summed E-state index contributed by atoms with van der Waals surface area (Å²) in [6, 6.07) is 13.2. The molecule has 7 heteroatoms. The molecule has 3 aromatic rings. The number of anilines is 1. The van der Waals surface area contributed by atoms with Gasteiger partial charge in [-0.15, -0.1) is 11.8 Å². The highest BCUT2D eigenvalue weighted by molar-refractivity contribution is 7.98. The van der Waals surface area contributed by atoms with E-state index >= 15 is 0 Å². The van der Waals surface area contributed by atoms with Crippen LogP contribution in [-0.2, 0) is 0 Å². The van der Waals surface area contributed by atoms with Crippen LogP contribution in [0.1, 0.15) is 10.4 Å². The minimum Gasteiger partial charge on any atom is -0.421 e. The molecule has 0 fully saturated rings. The molecule has 25 heavy (non-hydrogen) atoms. The number of benzene rings is 2. The molecule has 2 aromatic carbocycles. The van der Waals surface area contributed by atoms with E-state index in [-0.39, 0.29) is 17.7 Å². The first-order valence-electron chi connectivity index (χ1n) is 7.35. The van der Waals surface area contributed by atoms with Gasteiger partial charge in [0.15, 0.2) is 11.6 Å². The molecule has 0 saturated heterocycles. The predicted molar refractivity (Wildman–Crippen MR) is 94.7 cm³/mol. The smallest absolute Gasteiger partial charge is 0.322 e. The van der Waals surface area contributed by atoms with E-state index in [2.05, 4.69) is 15.3 Å². The zero-order valence-corrected chi connectivity index (χ0v) is 14.1. The molecule has 0 atom stereocenters. The summed E-state index contributed by atoms with van der Waals surface area (Å²) in [5, 5.41) is 2.70. The summed E-state index contributed by atoms with van der Waals surface area (Å²) in [7, 11) is 0. The monoisotopic (exact) mass is 355 g/mol. The first-order valence-corrected chi connectivity index (χ1v) is 8.58. The number of hydrogen-bond acceptors (Lipinski definition) is 5. The number of aromatic nitrogens is 2. The number of rotatable bonds is 5. The van der Waals surface area contributed by atoms with Crippen molar-refractivity contribution in [3.63, 3.8) is 0 Å². The Bertz CT molecular complexity index is 870. The second-order valence-electron chi connectivity index (χ2n) is 4.97. The van der Waals surface area contributed by atoms with Gasteiger partial charge in [-0.3, -0.25) is 4.79 Å². The Morgan fingerprint density at radius 3 is 2.40 bits per heavy atom. The lowest BCUT2D eigenvalue weighted by Gasteiger charge is -2.07. The molecule has 0 aliphatic heterocycles. The van der Waals surface area contributed by atoms with Gasteiger partial charge in [0.05, 0.1) is 18.1 Å². The molecule has 1 aromatic heterocycles. The van der Waals surface area contributed by atoms with E-state index in [4.69, 9.17) is 4.74 Å². The van der Waals surface area contributed by atoms with Crippen molar-refractivity contribution in [2.75, 3.05) is 11.6 Å². The number of nitrogens with zero attached hydrogens (tertiary/aromatic N) is 2. The van der Waals surface area contributed by atoms with Crippen molar-refractivity contribution in [2.45, 2.75) is 4.90 Å². The lowest BCUT2D eigenvalue weighted by molar-refractivity contribution is 0.102. The van der Waals surface area contributed by atoms with Gasteiger partial charge in [-0.1, -0.05) is 12.1 Å². The molecule has 1 heterocycles. The van der Waals surface area contributed by atoms with Gasteiger partial charge < -0.3 is 10.1 Å². The van der Waals surface area contributed by atoms with Crippen LogP contribution in [0.25, 0.3) is 0 Å². The molecule has 0 aliphatic rings. The number of thioether (sulfide) groups is 1. The van der Waals surface area contributed by atoms with E-state index in [1.165, 1.54) is 24.5 Å². The summed E-state index contributed by atoms with van der Waals surface area (Å²) < 4.78 is 18.8. The highest BCUT2D eigenvalue weighted by atomic mass is 32.2. The molecule has 0 spiro atoms. The second kappa shape index (κ2) is 7.76. The first kappa shape index (κ1) is 16.9. The van der Waals surface area contributed by atoms with E-state index in [1.54, 1.807) is 36.0 Å². The van der Waals surface area contributed by atoms with Crippen LogP contribution < -0.4 is 10.1 Å². The third-order valence-corrected chi connectivity index (χ3v) is 4.02. The number of ether oxygens (including phenoxy) is 1. The summed E-state index contributed by atoms with van der Waals surface area (Å²) in [5.74, 6) is -0.732. The number of nitrogens with one attached hydrogen (secondary N) is 1. The van der Waals surface area contributed by atoms with Crippen molar-refractivity contribution < 1.29 is 13.9 Å². The predicted octanol–water partition coefficient (Wildman–Crippen LogP) is 4.38. The average molecular weight is 355 g/mol. The molecule has 126 valence electrons. The maximum Gasteiger partial charge on any atom is 0.322 e. The van der Waals surface area contributed by atoms with Crippen LogP contribution in [0.3, 0.4) is 0 Å². The largest absolute Gasteiger partial charge is 0.421 e. The maximum atomic E-state index is 13.5. The van der Waals surface area contributed by atoms with Crippen molar-refractivity contribution in [2.24, 2.45) is 0 Å². The summed E-state index contributed by atoms with van der Waals surface area (Å²) in [6.45, 7) is 0. The molecule has 1 N–H and O–H groups in total. The van der Waals surface area contributed by atoms with Crippen molar-refractivity contribution in [3.05, 3.63) is 72.3 Å². The highest BCUT2D eigenvalue weighted by Gasteiger charge is 2.09. The van der Waals surface area contributed by atoms with Gasteiger partial charge in [0.25, 0.3) is 5.91 Å². The third-order valence-electron chi connectivity index (χ3n) is 3.28. The molecule has 1 amide bonds. The van der Waals surface area contributed by atoms with E-state index in [0.29, 0.717) is 11.3 Å². The van der Waals surface area contributed by atoms with Crippen LogP contribution in [0, 0.1) is 5.82 Å². The standard InChI is InChI=1S/C18H14FN3O2S/c1-25-14-8-6-12(7-9-14)17(23)22-13-10-20-18(21-11-13)24-16-5-3-2-4-15(16)19/h2-11H,1H3,(H,22,23). The fourth-order valence-electron chi connectivity index (χ4n) is 2.00. The molecule has 0 bridgehead atoms. The summed E-state index contributed by atoms with van der Waals surface area (Å²) in [6.07, 6.45) is 4.77. The van der Waals surface area contributed by atoms with Gasteiger partial charge in [-0.05, 0) is 42.7 Å². The molecular formula is C18H14FN3O2S. The minimum atomic E-state index is -0.503. The summed E-state index contributed by atoms with van der Waals surface area (Å²) >= 11 is 1.60. The van der Waals surface area contributed by atoms with Crippen molar-refractivity contribution in [1.82, 2.24) is 9.97 Å². The number of carbonyl (C=O) groups excluding carboxylic acids is 1. The zero-order chi connectivity index (χ0) is 17.6. The Labute approximate surface area is 148 Å². The number of amides is 1. The van der Waals surface area contributed by atoms with Gasteiger partial charge in [0.2, 0.25) is 0 Å². The molecule has 0 radical (unpaired) electrons. The number of para-hydroxylation sites is 1. The van der Waals surface area contributed by atoms with Gasteiger partial charge in [0.1, 0.15) is 0 Å². The Hall–Kier alpha value is -2.93. The van der Waals surface area contributed by atoms with E-state index in [9.17, 15) is 9.18 Å². The maximum absolute atomic E-state index is 13.5. The van der Waals surface area contributed by atoms with Crippen LogP contribution in [0.2, 0.25) is 0 Å². The Morgan fingerprint density at radius 2 is 1.76 bits per heavy atom. The first-order chi connectivity index (χ1) is 12.2. The van der Waals surface area contributed by atoms with Crippen LogP contribution in [0.4, 0.5) is 10.1 Å². The van der Waals surface area contributed by atoms with Gasteiger partial charge in [0, 0.05) is 10.5 Å². The Kier molecular flexibility index (Phi) is 5.25. The van der Waals surface area contributed by atoms with Crippen LogP contribution >= 0.6 is 11.8 Å². The summed E-state index contributed by atoms with van der Waals surface area (Å²) in [5.41, 5.74) is 0.948. The molecule has 3 rings (SSSR count). The Balaban J connectivity index is 1.65. The van der Waals surface area contributed by atoms with Gasteiger partial charge >= 0.3 is 6.01 Å². The Morgan fingerprint density at radius 1 is 1.08 bits per heavy atom. The molecule has 5 nitrogen and oxygen atoms in total. The number of halogens is 1. The van der Waals surface area contributed by atoms with Crippen molar-refractivity contribution in [3.8, 4) is 11.8 Å². The van der Waals surface area contributed by atoms with Crippen LogP contribution in [-0.4, -0.2) is 22.1 Å². The van der Waals surface area contributed by atoms with Crippen LogP contribution in [0.5, 0.6) is 11.8 Å². The number of carbonyl (C=O) groups is 1. The summed E-state index contributed by atoms with van der Waals surface area (Å²) in [4.78, 5) is 21.2. The topological polar surface area (TPSA) is 64.1 Å². The SMILES string of the molecule is CSc1ccc(C(=O)Nc2cnc(Oc3ccccc3F)nc2)cc1. The zero-order valence-electron chi connectivity index (χ0n) is 13.3. The third kappa shape index (κ3) is 4.33.